The van der Waals surface area contributed by atoms with Crippen LogP contribution in [0.1, 0.15) is 38.5 Å². The second-order valence-corrected chi connectivity index (χ2v) is 10.0. The van der Waals surface area contributed by atoms with E-state index in [0.29, 0.717) is 25.0 Å². The van der Waals surface area contributed by atoms with Crippen LogP contribution in [0.25, 0.3) is 0 Å². The van der Waals surface area contributed by atoms with Gasteiger partial charge in [0.05, 0.1) is 6.26 Å². The molecule has 1 unspecified atom stereocenters. The fourth-order valence-corrected chi connectivity index (χ4v) is 5.40. The van der Waals surface area contributed by atoms with E-state index < -0.39 is 10.0 Å². The molecule has 3 fully saturated rings. The summed E-state index contributed by atoms with van der Waals surface area (Å²) in [5, 5.41) is 3.55. The zero-order valence-electron chi connectivity index (χ0n) is 16.4. The van der Waals surface area contributed by atoms with E-state index in [4.69, 9.17) is 0 Å². The van der Waals surface area contributed by atoms with Crippen molar-refractivity contribution in [3.63, 3.8) is 0 Å². The molecule has 0 spiro atoms. The molecule has 1 atom stereocenters. The maximum Gasteiger partial charge on any atom is 0.211 e. The van der Waals surface area contributed by atoms with Crippen LogP contribution in [0.3, 0.4) is 0 Å². The predicted molar refractivity (Wildman–Crippen MR) is 106 cm³/mol. The zero-order chi connectivity index (χ0) is 18.6. The van der Waals surface area contributed by atoms with Gasteiger partial charge in [-0.3, -0.25) is 9.89 Å². The lowest BCUT2D eigenvalue weighted by Crippen LogP contribution is -2.46. The average Bonchev–Trinajstić information content (AvgIpc) is 3.13. The van der Waals surface area contributed by atoms with Gasteiger partial charge in [0.15, 0.2) is 5.96 Å². The molecule has 0 amide bonds. The van der Waals surface area contributed by atoms with Crippen LogP contribution >= 0.6 is 0 Å². The van der Waals surface area contributed by atoms with E-state index in [1.165, 1.54) is 45.0 Å². The molecule has 0 bridgehead atoms. The molecule has 3 aliphatic heterocycles. The van der Waals surface area contributed by atoms with Gasteiger partial charge in [0.2, 0.25) is 10.0 Å². The Morgan fingerprint density at radius 3 is 2.35 bits per heavy atom. The second kappa shape index (κ2) is 8.89. The first-order chi connectivity index (χ1) is 12.5. The number of aliphatic imine (C=N–C) groups is 1. The van der Waals surface area contributed by atoms with Crippen molar-refractivity contribution in [3.05, 3.63) is 0 Å². The minimum Gasteiger partial charge on any atom is -0.356 e. The molecule has 0 aromatic heterocycles. The van der Waals surface area contributed by atoms with Crippen LogP contribution in [0.4, 0.5) is 0 Å². The van der Waals surface area contributed by atoms with Gasteiger partial charge < -0.3 is 10.2 Å². The van der Waals surface area contributed by atoms with E-state index >= 15 is 0 Å². The third-order valence-electron chi connectivity index (χ3n) is 6.17. The van der Waals surface area contributed by atoms with Gasteiger partial charge in [-0.05, 0) is 51.1 Å². The normalized spacial score (nSPS) is 27.8. The molecule has 1 N–H and O–H groups in total. The number of guanidine groups is 1. The van der Waals surface area contributed by atoms with E-state index in [0.717, 1.165) is 38.4 Å². The number of hydrogen-bond acceptors (Lipinski definition) is 4. The minimum absolute atomic E-state index is 0.519. The highest BCUT2D eigenvalue weighted by molar-refractivity contribution is 7.88. The second-order valence-electron chi connectivity index (χ2n) is 8.02. The van der Waals surface area contributed by atoms with Gasteiger partial charge in [-0.2, -0.15) is 0 Å². The highest BCUT2D eigenvalue weighted by Crippen LogP contribution is 2.21. The average molecular weight is 386 g/mol. The van der Waals surface area contributed by atoms with E-state index in [2.05, 4.69) is 20.1 Å². The lowest BCUT2D eigenvalue weighted by atomic mass is 9.98. The summed E-state index contributed by atoms with van der Waals surface area (Å²) in [5.74, 6) is 1.53. The van der Waals surface area contributed by atoms with Gasteiger partial charge in [-0.1, -0.05) is 6.42 Å². The van der Waals surface area contributed by atoms with Gasteiger partial charge in [0.1, 0.15) is 0 Å². The summed E-state index contributed by atoms with van der Waals surface area (Å²) in [6.07, 6.45) is 8.45. The molecule has 150 valence electrons. The molecular formula is C18H35N5O2S. The first kappa shape index (κ1) is 19.9. The number of rotatable bonds is 4. The monoisotopic (exact) mass is 385 g/mol. The van der Waals surface area contributed by atoms with Crippen LogP contribution in [0.15, 0.2) is 4.99 Å². The van der Waals surface area contributed by atoms with E-state index in [-0.39, 0.29) is 0 Å². The molecule has 8 heteroatoms. The van der Waals surface area contributed by atoms with Crippen molar-refractivity contribution in [2.24, 2.45) is 10.9 Å². The largest absolute Gasteiger partial charge is 0.356 e. The molecular weight excluding hydrogens is 350 g/mol. The summed E-state index contributed by atoms with van der Waals surface area (Å²) >= 11 is 0. The van der Waals surface area contributed by atoms with Gasteiger partial charge in [-0.25, -0.2) is 12.7 Å². The van der Waals surface area contributed by atoms with Crippen molar-refractivity contribution in [1.82, 2.24) is 19.4 Å². The van der Waals surface area contributed by atoms with Gasteiger partial charge in [0.25, 0.3) is 0 Å². The number of sulfonamides is 1. The quantitative estimate of drug-likeness (QED) is 0.573. The summed E-state index contributed by atoms with van der Waals surface area (Å²) in [6, 6.07) is 0.673. The van der Waals surface area contributed by atoms with Crippen molar-refractivity contribution in [1.29, 1.82) is 0 Å². The highest BCUT2D eigenvalue weighted by Gasteiger charge is 2.30. The summed E-state index contributed by atoms with van der Waals surface area (Å²) in [5.41, 5.74) is 0. The topological polar surface area (TPSA) is 68.2 Å². The molecule has 3 heterocycles. The Labute approximate surface area is 158 Å². The van der Waals surface area contributed by atoms with Crippen molar-refractivity contribution in [2.45, 2.75) is 44.6 Å². The molecule has 0 radical (unpaired) electrons. The Balaban J connectivity index is 1.43. The SMILES string of the molecule is CN=C(NCC1CCN(S(C)(=O)=O)CC1)N1CCC(N2CCCCC2)C1. The first-order valence-electron chi connectivity index (χ1n) is 10.1. The summed E-state index contributed by atoms with van der Waals surface area (Å²) in [7, 11) is -1.18. The third-order valence-corrected chi connectivity index (χ3v) is 7.48. The molecule has 0 aliphatic carbocycles. The van der Waals surface area contributed by atoms with Crippen molar-refractivity contribution >= 4 is 16.0 Å². The van der Waals surface area contributed by atoms with Crippen LogP contribution < -0.4 is 5.32 Å². The van der Waals surface area contributed by atoms with E-state index in [1.807, 2.05) is 7.05 Å². The molecule has 3 rings (SSSR count). The molecule has 26 heavy (non-hydrogen) atoms. The van der Waals surface area contributed by atoms with Crippen LogP contribution in [-0.4, -0.2) is 93.6 Å². The molecule has 3 saturated heterocycles. The standard InChI is InChI=1S/C18H35N5O2S/c1-19-18(20-14-16-6-12-23(13-7-16)26(2,24)25)22-11-8-17(15-22)21-9-4-3-5-10-21/h16-17H,3-15H2,1-2H3,(H,19,20). The molecule has 0 aromatic carbocycles. The number of nitrogens with one attached hydrogen (secondary N) is 1. The van der Waals surface area contributed by atoms with E-state index in [1.54, 1.807) is 4.31 Å². The Kier molecular flexibility index (Phi) is 6.80. The smallest absolute Gasteiger partial charge is 0.211 e. The summed E-state index contributed by atoms with van der Waals surface area (Å²) < 4.78 is 24.8. The molecule has 0 aromatic rings. The van der Waals surface area contributed by atoms with Gasteiger partial charge >= 0.3 is 0 Å². The Bertz CT molecular complexity index is 580. The summed E-state index contributed by atoms with van der Waals surface area (Å²) in [4.78, 5) is 9.55. The van der Waals surface area contributed by atoms with Crippen LogP contribution in [0.5, 0.6) is 0 Å². The lowest BCUT2D eigenvalue weighted by Gasteiger charge is -2.33. The van der Waals surface area contributed by atoms with Crippen molar-refractivity contribution in [3.8, 4) is 0 Å². The Morgan fingerprint density at radius 1 is 1.04 bits per heavy atom. The maximum absolute atomic E-state index is 11.6. The molecule has 0 saturated carbocycles. The first-order valence-corrected chi connectivity index (χ1v) is 12.0. The molecule has 3 aliphatic rings. The van der Waals surface area contributed by atoms with E-state index in [9.17, 15) is 8.42 Å². The van der Waals surface area contributed by atoms with Crippen molar-refractivity contribution in [2.75, 3.05) is 59.1 Å². The Morgan fingerprint density at radius 2 is 1.73 bits per heavy atom. The van der Waals surface area contributed by atoms with Crippen molar-refractivity contribution < 1.29 is 8.42 Å². The van der Waals surface area contributed by atoms with Gasteiger partial charge in [-0.15, -0.1) is 0 Å². The Hall–Kier alpha value is -0.860. The predicted octanol–water partition coefficient (Wildman–Crippen LogP) is 0.794. The van der Waals surface area contributed by atoms with Crippen LogP contribution in [0, 0.1) is 5.92 Å². The number of hydrogen-bond donors (Lipinski definition) is 1. The number of nitrogens with zero attached hydrogens (tertiary/aromatic N) is 4. The fourth-order valence-electron chi connectivity index (χ4n) is 4.53. The number of piperidine rings is 2. The lowest BCUT2D eigenvalue weighted by molar-refractivity contribution is 0.168. The van der Waals surface area contributed by atoms with Crippen LogP contribution in [-0.2, 0) is 10.0 Å². The zero-order valence-corrected chi connectivity index (χ0v) is 17.2. The minimum atomic E-state index is -3.04. The van der Waals surface area contributed by atoms with Gasteiger partial charge in [0, 0.05) is 45.8 Å². The molecule has 7 nitrogen and oxygen atoms in total. The van der Waals surface area contributed by atoms with Crippen LogP contribution in [0.2, 0.25) is 0 Å². The fraction of sp³-hybridized carbons (Fsp3) is 0.944. The number of likely N-dealkylation sites (tertiary alicyclic amines) is 2. The highest BCUT2D eigenvalue weighted by atomic mass is 32.2. The maximum atomic E-state index is 11.6. The third kappa shape index (κ3) is 5.10. The summed E-state index contributed by atoms with van der Waals surface area (Å²) in [6.45, 7) is 6.83.